The Morgan fingerprint density at radius 3 is 2.74 bits per heavy atom. The fraction of sp³-hybridized carbons (Fsp3) is 0.500. The predicted molar refractivity (Wildman–Crippen MR) is 79.5 cm³/mol. The van der Waals surface area contributed by atoms with E-state index in [9.17, 15) is 5.11 Å². The third-order valence-electron chi connectivity index (χ3n) is 4.33. The van der Waals surface area contributed by atoms with Crippen LogP contribution in [-0.2, 0) is 0 Å². The van der Waals surface area contributed by atoms with Gasteiger partial charge < -0.3 is 15.0 Å². The van der Waals surface area contributed by atoms with Crippen molar-refractivity contribution in [3.05, 3.63) is 30.5 Å². The molecule has 3 heteroatoms. The van der Waals surface area contributed by atoms with E-state index in [-0.39, 0.29) is 6.10 Å². The van der Waals surface area contributed by atoms with E-state index >= 15 is 0 Å². The quantitative estimate of drug-likeness (QED) is 0.887. The highest BCUT2D eigenvalue weighted by atomic mass is 16.3. The molecule has 1 heterocycles. The topological polar surface area (TPSA) is 39.3 Å². The summed E-state index contributed by atoms with van der Waals surface area (Å²) in [6, 6.07) is 8.43. The van der Waals surface area contributed by atoms with Gasteiger partial charge in [-0.3, -0.25) is 0 Å². The first-order valence-electron chi connectivity index (χ1n) is 7.19. The van der Waals surface area contributed by atoms with Crippen LogP contribution in [0.5, 0.6) is 0 Å². The lowest BCUT2D eigenvalue weighted by atomic mass is 9.87. The molecule has 0 bridgehead atoms. The normalized spacial score (nSPS) is 23.7. The van der Waals surface area contributed by atoms with Crippen molar-refractivity contribution in [3.8, 4) is 0 Å². The van der Waals surface area contributed by atoms with Crippen LogP contribution in [0.15, 0.2) is 30.5 Å². The molecule has 1 saturated carbocycles. The highest BCUT2D eigenvalue weighted by Crippen LogP contribution is 2.29. The molecule has 102 valence electrons. The molecular formula is C16H22N2O. The minimum Gasteiger partial charge on any atom is -0.393 e. The van der Waals surface area contributed by atoms with Crippen LogP contribution in [0.2, 0.25) is 0 Å². The van der Waals surface area contributed by atoms with Gasteiger partial charge in [0.25, 0.3) is 0 Å². The Balaban J connectivity index is 1.71. The summed E-state index contributed by atoms with van der Waals surface area (Å²) in [5, 5.41) is 10.9. The van der Waals surface area contributed by atoms with E-state index in [1.54, 1.807) is 0 Å². The molecule has 0 amide bonds. The van der Waals surface area contributed by atoms with Gasteiger partial charge in [0.15, 0.2) is 0 Å². The minimum absolute atomic E-state index is 0.0605. The Kier molecular flexibility index (Phi) is 3.47. The van der Waals surface area contributed by atoms with Crippen LogP contribution in [0.25, 0.3) is 10.9 Å². The number of nitrogens with zero attached hydrogens (tertiary/aromatic N) is 1. The van der Waals surface area contributed by atoms with Gasteiger partial charge >= 0.3 is 0 Å². The number of para-hydroxylation sites is 1. The fourth-order valence-corrected chi connectivity index (χ4v) is 3.19. The number of H-pyrrole nitrogens is 1. The Bertz CT molecular complexity index is 540. The van der Waals surface area contributed by atoms with Crippen LogP contribution in [0.4, 0.5) is 5.69 Å². The molecule has 2 aromatic rings. The van der Waals surface area contributed by atoms with Crippen molar-refractivity contribution in [1.82, 2.24) is 4.98 Å². The molecule has 0 aliphatic heterocycles. The van der Waals surface area contributed by atoms with Crippen LogP contribution in [-0.4, -0.2) is 29.8 Å². The first kappa shape index (κ1) is 12.5. The fourth-order valence-electron chi connectivity index (χ4n) is 3.19. The second-order valence-corrected chi connectivity index (χ2v) is 5.77. The lowest BCUT2D eigenvalue weighted by Crippen LogP contribution is -2.29. The molecule has 1 fully saturated rings. The van der Waals surface area contributed by atoms with Gasteiger partial charge in [-0.25, -0.2) is 0 Å². The van der Waals surface area contributed by atoms with Crippen molar-refractivity contribution < 1.29 is 5.11 Å². The molecule has 1 aromatic carbocycles. The molecule has 3 rings (SSSR count). The number of aromatic amines is 1. The van der Waals surface area contributed by atoms with Gasteiger partial charge in [-0.05, 0) is 37.7 Å². The summed E-state index contributed by atoms with van der Waals surface area (Å²) in [6.07, 6.45) is 6.26. The third kappa shape index (κ3) is 2.61. The van der Waals surface area contributed by atoms with Crippen LogP contribution < -0.4 is 4.90 Å². The van der Waals surface area contributed by atoms with Crippen LogP contribution in [0.1, 0.15) is 25.7 Å². The predicted octanol–water partition coefficient (Wildman–Crippen LogP) is 3.16. The van der Waals surface area contributed by atoms with Crippen molar-refractivity contribution in [1.29, 1.82) is 0 Å². The highest BCUT2D eigenvalue weighted by Gasteiger charge is 2.21. The number of hydrogen-bond acceptors (Lipinski definition) is 2. The summed E-state index contributed by atoms with van der Waals surface area (Å²) in [6.45, 7) is 1.08. The monoisotopic (exact) mass is 258 g/mol. The number of fused-ring (bicyclic) bond motifs is 1. The first-order valence-corrected chi connectivity index (χ1v) is 7.19. The van der Waals surface area contributed by atoms with E-state index in [1.807, 2.05) is 0 Å². The molecule has 1 aliphatic rings. The smallest absolute Gasteiger partial charge is 0.0621 e. The summed E-state index contributed by atoms with van der Waals surface area (Å²) in [4.78, 5) is 5.68. The SMILES string of the molecule is CN(CC1CCC(O)CC1)c1c[nH]c2ccccc12. The molecular weight excluding hydrogens is 236 g/mol. The second-order valence-electron chi connectivity index (χ2n) is 5.77. The number of nitrogens with one attached hydrogen (secondary N) is 1. The summed E-state index contributed by atoms with van der Waals surface area (Å²) >= 11 is 0. The summed E-state index contributed by atoms with van der Waals surface area (Å²) in [5.74, 6) is 0.710. The van der Waals surface area contributed by atoms with Crippen molar-refractivity contribution in [2.24, 2.45) is 5.92 Å². The van der Waals surface area contributed by atoms with Gasteiger partial charge in [-0.2, -0.15) is 0 Å². The lowest BCUT2D eigenvalue weighted by molar-refractivity contribution is 0.110. The van der Waals surface area contributed by atoms with Crippen LogP contribution in [0.3, 0.4) is 0 Å². The van der Waals surface area contributed by atoms with Crippen LogP contribution >= 0.6 is 0 Å². The standard InChI is InChI=1S/C16H22N2O/c1-18(11-12-6-8-13(19)9-7-12)16-10-17-15-5-3-2-4-14(15)16/h2-5,10,12-13,17,19H,6-9,11H2,1H3. The minimum atomic E-state index is -0.0605. The van der Waals surface area contributed by atoms with Crippen LogP contribution in [0, 0.1) is 5.92 Å². The molecule has 0 atom stereocenters. The molecule has 0 saturated heterocycles. The number of anilines is 1. The number of benzene rings is 1. The van der Waals surface area contributed by atoms with E-state index in [4.69, 9.17) is 0 Å². The largest absolute Gasteiger partial charge is 0.393 e. The Morgan fingerprint density at radius 1 is 1.21 bits per heavy atom. The van der Waals surface area contributed by atoms with E-state index in [0.29, 0.717) is 5.92 Å². The Morgan fingerprint density at radius 2 is 1.95 bits per heavy atom. The van der Waals surface area contributed by atoms with E-state index in [2.05, 4.69) is 47.4 Å². The Labute approximate surface area is 114 Å². The number of aliphatic hydroxyl groups excluding tert-OH is 1. The third-order valence-corrected chi connectivity index (χ3v) is 4.33. The maximum atomic E-state index is 9.57. The molecule has 3 nitrogen and oxygen atoms in total. The van der Waals surface area contributed by atoms with Gasteiger partial charge in [0, 0.05) is 30.7 Å². The average molecular weight is 258 g/mol. The van der Waals surface area contributed by atoms with Crippen molar-refractivity contribution in [3.63, 3.8) is 0 Å². The second kappa shape index (κ2) is 5.25. The van der Waals surface area contributed by atoms with Gasteiger partial charge in [0.2, 0.25) is 0 Å². The molecule has 19 heavy (non-hydrogen) atoms. The van der Waals surface area contributed by atoms with Crippen molar-refractivity contribution in [2.45, 2.75) is 31.8 Å². The van der Waals surface area contributed by atoms with Gasteiger partial charge in [0.05, 0.1) is 11.8 Å². The van der Waals surface area contributed by atoms with Gasteiger partial charge in [-0.15, -0.1) is 0 Å². The maximum Gasteiger partial charge on any atom is 0.0621 e. The molecule has 0 radical (unpaired) electrons. The number of rotatable bonds is 3. The van der Waals surface area contributed by atoms with E-state index in [0.717, 1.165) is 32.2 Å². The maximum absolute atomic E-state index is 9.57. The number of aliphatic hydroxyl groups is 1. The first-order chi connectivity index (χ1) is 9.24. The van der Waals surface area contributed by atoms with Crippen molar-refractivity contribution >= 4 is 16.6 Å². The summed E-state index contributed by atoms with van der Waals surface area (Å²) < 4.78 is 0. The Hall–Kier alpha value is -1.48. The van der Waals surface area contributed by atoms with E-state index in [1.165, 1.54) is 16.6 Å². The lowest BCUT2D eigenvalue weighted by Gasteiger charge is -2.30. The zero-order chi connectivity index (χ0) is 13.2. The average Bonchev–Trinajstić information content (AvgIpc) is 2.85. The molecule has 1 aromatic heterocycles. The summed E-state index contributed by atoms with van der Waals surface area (Å²) in [5.41, 5.74) is 2.48. The molecule has 0 unspecified atom stereocenters. The molecule has 1 aliphatic carbocycles. The number of aromatic nitrogens is 1. The van der Waals surface area contributed by atoms with Gasteiger partial charge in [0.1, 0.15) is 0 Å². The zero-order valence-corrected chi connectivity index (χ0v) is 11.5. The highest BCUT2D eigenvalue weighted by molar-refractivity contribution is 5.92. The summed E-state index contributed by atoms with van der Waals surface area (Å²) in [7, 11) is 2.17. The van der Waals surface area contributed by atoms with Gasteiger partial charge in [-0.1, -0.05) is 18.2 Å². The molecule has 0 spiro atoms. The van der Waals surface area contributed by atoms with Crippen molar-refractivity contribution in [2.75, 3.05) is 18.5 Å². The van der Waals surface area contributed by atoms with E-state index < -0.39 is 0 Å². The number of hydrogen-bond donors (Lipinski definition) is 2. The molecule has 2 N–H and O–H groups in total. The zero-order valence-electron chi connectivity index (χ0n) is 11.5.